The highest BCUT2D eigenvalue weighted by atomic mass is 16.3. The molecule has 0 bridgehead atoms. The van der Waals surface area contributed by atoms with E-state index in [0.29, 0.717) is 17.9 Å². The molecule has 2 aliphatic rings. The highest BCUT2D eigenvalue weighted by Gasteiger charge is 2.36. The zero-order chi connectivity index (χ0) is 12.3. The van der Waals surface area contributed by atoms with Gasteiger partial charge in [-0.2, -0.15) is 0 Å². The van der Waals surface area contributed by atoms with Gasteiger partial charge in [0.15, 0.2) is 0 Å². The van der Waals surface area contributed by atoms with Gasteiger partial charge < -0.3 is 10.4 Å². The molecule has 0 aromatic carbocycles. The van der Waals surface area contributed by atoms with Gasteiger partial charge in [0.1, 0.15) is 0 Å². The minimum Gasteiger partial charge on any atom is -0.396 e. The zero-order valence-electron chi connectivity index (χ0n) is 11.3. The second-order valence-corrected chi connectivity index (χ2v) is 6.06. The third-order valence-corrected chi connectivity index (χ3v) is 4.52. The number of aliphatic hydroxyl groups is 1. The first-order valence-electron chi connectivity index (χ1n) is 6.95. The van der Waals surface area contributed by atoms with Gasteiger partial charge in [-0.1, -0.05) is 13.8 Å². The van der Waals surface area contributed by atoms with Gasteiger partial charge in [0, 0.05) is 45.9 Å². The largest absolute Gasteiger partial charge is 0.396 e. The van der Waals surface area contributed by atoms with E-state index >= 15 is 0 Å². The molecule has 0 aliphatic carbocycles. The fourth-order valence-electron chi connectivity index (χ4n) is 3.04. The quantitative estimate of drug-likeness (QED) is 0.756. The Morgan fingerprint density at radius 2 is 1.88 bits per heavy atom. The lowest BCUT2D eigenvalue weighted by Crippen LogP contribution is -2.57. The van der Waals surface area contributed by atoms with Gasteiger partial charge in [-0.25, -0.2) is 10.0 Å². The van der Waals surface area contributed by atoms with Crippen LogP contribution in [0.4, 0.5) is 0 Å². The molecule has 2 N–H and O–H groups in total. The van der Waals surface area contributed by atoms with Crippen LogP contribution in [0, 0.1) is 11.3 Å². The van der Waals surface area contributed by atoms with E-state index in [1.165, 1.54) is 13.0 Å². The second-order valence-electron chi connectivity index (χ2n) is 6.06. The molecule has 0 amide bonds. The summed E-state index contributed by atoms with van der Waals surface area (Å²) in [4.78, 5) is 0. The van der Waals surface area contributed by atoms with Gasteiger partial charge in [0.25, 0.3) is 0 Å². The van der Waals surface area contributed by atoms with Gasteiger partial charge in [0.05, 0.1) is 0 Å². The fraction of sp³-hybridized carbons (Fsp3) is 1.00. The number of piperazine rings is 1. The number of nitrogens with zero attached hydrogens (tertiary/aromatic N) is 2. The maximum absolute atomic E-state index is 9.21. The van der Waals surface area contributed by atoms with Crippen molar-refractivity contribution in [2.75, 3.05) is 45.9 Å². The topological polar surface area (TPSA) is 38.7 Å². The number of aliphatic hydroxyl groups excluding tert-OH is 1. The zero-order valence-corrected chi connectivity index (χ0v) is 11.3. The van der Waals surface area contributed by atoms with Gasteiger partial charge in [0.2, 0.25) is 0 Å². The van der Waals surface area contributed by atoms with Crippen molar-refractivity contribution in [1.82, 2.24) is 15.3 Å². The Kier molecular flexibility index (Phi) is 4.42. The van der Waals surface area contributed by atoms with E-state index in [0.717, 1.165) is 39.1 Å². The lowest BCUT2D eigenvalue weighted by molar-refractivity contribution is -0.0959. The van der Waals surface area contributed by atoms with Crippen LogP contribution in [0.2, 0.25) is 0 Å². The molecule has 2 fully saturated rings. The number of hydrogen-bond donors (Lipinski definition) is 2. The summed E-state index contributed by atoms with van der Waals surface area (Å²) in [6, 6.07) is 0. The van der Waals surface area contributed by atoms with Crippen molar-refractivity contribution in [2.45, 2.75) is 26.7 Å². The third-order valence-electron chi connectivity index (χ3n) is 4.52. The van der Waals surface area contributed by atoms with Gasteiger partial charge >= 0.3 is 0 Å². The summed E-state index contributed by atoms with van der Waals surface area (Å²) in [5.41, 5.74) is 0.382. The van der Waals surface area contributed by atoms with Crippen molar-refractivity contribution in [3.8, 4) is 0 Å². The summed E-state index contributed by atoms with van der Waals surface area (Å²) in [6.45, 7) is 11.8. The summed E-state index contributed by atoms with van der Waals surface area (Å²) in [7, 11) is 0. The van der Waals surface area contributed by atoms with Crippen molar-refractivity contribution < 1.29 is 5.11 Å². The normalized spacial score (nSPS) is 31.6. The standard InChI is InChI=1S/C13H27N3O/c1-13(2)4-7-16(11-12(13)3-10-17)15-8-5-14-6-9-15/h12,14,17H,3-11H2,1-2H3. The first-order valence-corrected chi connectivity index (χ1v) is 6.95. The molecular weight excluding hydrogens is 214 g/mol. The van der Waals surface area contributed by atoms with Crippen LogP contribution in [0.1, 0.15) is 26.7 Å². The second kappa shape index (κ2) is 5.65. The van der Waals surface area contributed by atoms with Crippen LogP contribution in [-0.4, -0.2) is 61.0 Å². The molecule has 2 rings (SSSR count). The van der Waals surface area contributed by atoms with E-state index in [4.69, 9.17) is 0 Å². The van der Waals surface area contributed by atoms with Crippen LogP contribution in [0.5, 0.6) is 0 Å². The number of piperidine rings is 1. The Hall–Kier alpha value is -0.160. The lowest BCUT2D eigenvalue weighted by Gasteiger charge is -2.48. The molecule has 2 saturated heterocycles. The van der Waals surface area contributed by atoms with Crippen molar-refractivity contribution in [3.63, 3.8) is 0 Å². The molecule has 4 heteroatoms. The van der Waals surface area contributed by atoms with Crippen molar-refractivity contribution in [2.24, 2.45) is 11.3 Å². The Morgan fingerprint density at radius 1 is 1.18 bits per heavy atom. The van der Waals surface area contributed by atoms with E-state index in [-0.39, 0.29) is 0 Å². The Balaban J connectivity index is 1.93. The number of hydrazine groups is 1. The molecule has 100 valence electrons. The molecule has 17 heavy (non-hydrogen) atoms. The summed E-state index contributed by atoms with van der Waals surface area (Å²) >= 11 is 0. The van der Waals surface area contributed by atoms with Crippen LogP contribution >= 0.6 is 0 Å². The Morgan fingerprint density at radius 3 is 2.53 bits per heavy atom. The van der Waals surface area contributed by atoms with Crippen LogP contribution in [0.25, 0.3) is 0 Å². The average molecular weight is 241 g/mol. The smallest absolute Gasteiger partial charge is 0.0434 e. The highest BCUT2D eigenvalue weighted by Crippen LogP contribution is 2.37. The van der Waals surface area contributed by atoms with E-state index in [9.17, 15) is 5.11 Å². The lowest BCUT2D eigenvalue weighted by atomic mass is 9.72. The SMILES string of the molecule is CC1(C)CCN(N2CCNCC2)CC1CCO. The predicted octanol–water partition coefficient (Wildman–Crippen LogP) is 0.537. The van der Waals surface area contributed by atoms with Gasteiger partial charge in [-0.3, -0.25) is 0 Å². The van der Waals surface area contributed by atoms with Crippen LogP contribution in [0.15, 0.2) is 0 Å². The number of hydrogen-bond acceptors (Lipinski definition) is 4. The third kappa shape index (κ3) is 3.19. The van der Waals surface area contributed by atoms with Crippen molar-refractivity contribution in [3.05, 3.63) is 0 Å². The maximum Gasteiger partial charge on any atom is 0.0434 e. The maximum atomic E-state index is 9.21. The Bertz CT molecular complexity index is 239. The monoisotopic (exact) mass is 241 g/mol. The highest BCUT2D eigenvalue weighted by molar-refractivity contribution is 4.86. The summed E-state index contributed by atoms with van der Waals surface area (Å²) < 4.78 is 0. The molecule has 0 spiro atoms. The van der Waals surface area contributed by atoms with Crippen LogP contribution in [0.3, 0.4) is 0 Å². The van der Waals surface area contributed by atoms with E-state index in [2.05, 4.69) is 29.2 Å². The van der Waals surface area contributed by atoms with Gasteiger partial charge in [-0.05, 0) is 24.2 Å². The Labute approximate surface area is 105 Å². The number of nitrogens with one attached hydrogen (secondary N) is 1. The molecule has 2 aliphatic heterocycles. The first kappa shape index (κ1) is 13.3. The van der Waals surface area contributed by atoms with Crippen molar-refractivity contribution >= 4 is 0 Å². The molecule has 0 aromatic heterocycles. The molecule has 2 heterocycles. The molecule has 4 nitrogen and oxygen atoms in total. The fourth-order valence-corrected chi connectivity index (χ4v) is 3.04. The molecule has 1 atom stereocenters. The summed E-state index contributed by atoms with van der Waals surface area (Å²) in [5, 5.41) is 17.6. The van der Waals surface area contributed by atoms with Crippen LogP contribution < -0.4 is 5.32 Å². The average Bonchev–Trinajstić information content (AvgIpc) is 2.33. The van der Waals surface area contributed by atoms with Crippen LogP contribution in [-0.2, 0) is 0 Å². The van der Waals surface area contributed by atoms with Crippen molar-refractivity contribution in [1.29, 1.82) is 0 Å². The summed E-state index contributed by atoms with van der Waals surface area (Å²) in [6.07, 6.45) is 2.18. The number of rotatable bonds is 3. The molecule has 0 aromatic rings. The van der Waals surface area contributed by atoms with Gasteiger partial charge in [-0.15, -0.1) is 0 Å². The van der Waals surface area contributed by atoms with E-state index < -0.39 is 0 Å². The minimum absolute atomic E-state index is 0.323. The predicted molar refractivity (Wildman–Crippen MR) is 69.6 cm³/mol. The van der Waals surface area contributed by atoms with E-state index in [1.807, 2.05) is 0 Å². The minimum atomic E-state index is 0.323. The van der Waals surface area contributed by atoms with E-state index in [1.54, 1.807) is 0 Å². The summed E-state index contributed by atoms with van der Waals surface area (Å²) in [5.74, 6) is 0.621. The molecule has 0 saturated carbocycles. The molecular formula is C13H27N3O. The molecule has 0 radical (unpaired) electrons. The first-order chi connectivity index (χ1) is 8.13. The molecule has 1 unspecified atom stereocenters.